The number of rotatable bonds is 5. The molecule has 3 rings (SSSR count). The van der Waals surface area contributed by atoms with Crippen molar-refractivity contribution in [1.82, 2.24) is 24.5 Å². The summed E-state index contributed by atoms with van der Waals surface area (Å²) in [6.45, 7) is 0.660. The van der Waals surface area contributed by atoms with Gasteiger partial charge >= 0.3 is 0 Å². The first-order valence-corrected chi connectivity index (χ1v) is 7.13. The highest BCUT2D eigenvalue weighted by Crippen LogP contribution is 2.24. The van der Waals surface area contributed by atoms with Crippen LogP contribution in [0.15, 0.2) is 59.4 Å². The van der Waals surface area contributed by atoms with Gasteiger partial charge in [0.05, 0.1) is 19.3 Å². The standard InChI is InChI=1S/C14H13N5OS/c1-20-12-5-7-16-13(18-12)21-14-17-8-9-19(14)10-11-4-2-3-6-15-11/h2-9H,10H2,1H3. The summed E-state index contributed by atoms with van der Waals surface area (Å²) in [6.07, 6.45) is 7.12. The molecule has 0 saturated heterocycles. The van der Waals surface area contributed by atoms with Gasteiger partial charge in [-0.25, -0.2) is 9.97 Å². The van der Waals surface area contributed by atoms with Gasteiger partial charge in [0.1, 0.15) is 0 Å². The smallest absolute Gasteiger partial charge is 0.217 e. The van der Waals surface area contributed by atoms with E-state index in [1.54, 1.807) is 31.8 Å². The topological polar surface area (TPSA) is 65.7 Å². The van der Waals surface area contributed by atoms with E-state index in [9.17, 15) is 0 Å². The van der Waals surface area contributed by atoms with Crippen molar-refractivity contribution in [3.63, 3.8) is 0 Å². The van der Waals surface area contributed by atoms with Gasteiger partial charge in [0.2, 0.25) is 5.88 Å². The van der Waals surface area contributed by atoms with Crippen LogP contribution in [0.1, 0.15) is 5.69 Å². The van der Waals surface area contributed by atoms with Crippen LogP contribution in [0, 0.1) is 0 Å². The highest BCUT2D eigenvalue weighted by Gasteiger charge is 2.09. The van der Waals surface area contributed by atoms with Crippen LogP contribution >= 0.6 is 11.8 Å². The van der Waals surface area contributed by atoms with Gasteiger partial charge < -0.3 is 9.30 Å². The monoisotopic (exact) mass is 299 g/mol. The summed E-state index contributed by atoms with van der Waals surface area (Å²) in [6, 6.07) is 7.56. The van der Waals surface area contributed by atoms with Gasteiger partial charge in [0, 0.05) is 30.9 Å². The van der Waals surface area contributed by atoms with E-state index < -0.39 is 0 Å². The molecular formula is C14H13N5OS. The number of hydrogen-bond acceptors (Lipinski definition) is 6. The minimum absolute atomic E-state index is 0.537. The van der Waals surface area contributed by atoms with E-state index >= 15 is 0 Å². The summed E-state index contributed by atoms with van der Waals surface area (Å²) in [4.78, 5) is 17.1. The van der Waals surface area contributed by atoms with Crippen molar-refractivity contribution in [3.8, 4) is 5.88 Å². The highest BCUT2D eigenvalue weighted by molar-refractivity contribution is 7.99. The second-order valence-corrected chi connectivity index (χ2v) is 5.08. The third-order valence-electron chi connectivity index (χ3n) is 2.74. The van der Waals surface area contributed by atoms with E-state index in [1.165, 1.54) is 11.8 Å². The quantitative estimate of drug-likeness (QED) is 0.673. The molecule has 3 heterocycles. The maximum Gasteiger partial charge on any atom is 0.217 e. The molecule has 0 aliphatic carbocycles. The molecular weight excluding hydrogens is 286 g/mol. The fourth-order valence-corrected chi connectivity index (χ4v) is 2.53. The average Bonchev–Trinajstić information content (AvgIpc) is 2.95. The molecule has 0 bridgehead atoms. The number of aromatic nitrogens is 5. The van der Waals surface area contributed by atoms with Gasteiger partial charge in [-0.15, -0.1) is 0 Å². The Morgan fingerprint density at radius 3 is 2.86 bits per heavy atom. The lowest BCUT2D eigenvalue weighted by Gasteiger charge is -2.06. The fraction of sp³-hybridized carbons (Fsp3) is 0.143. The molecule has 0 aromatic carbocycles. The summed E-state index contributed by atoms with van der Waals surface area (Å²) < 4.78 is 7.11. The molecule has 3 aromatic rings. The number of imidazole rings is 1. The zero-order valence-electron chi connectivity index (χ0n) is 11.4. The molecule has 0 aliphatic heterocycles. The second-order valence-electron chi connectivity index (χ2n) is 4.14. The summed E-state index contributed by atoms with van der Waals surface area (Å²) in [7, 11) is 1.58. The molecule has 21 heavy (non-hydrogen) atoms. The minimum atomic E-state index is 0.537. The third-order valence-corrected chi connectivity index (χ3v) is 3.64. The van der Waals surface area contributed by atoms with Gasteiger partial charge in [-0.05, 0) is 23.9 Å². The predicted molar refractivity (Wildman–Crippen MR) is 78.3 cm³/mol. The Kier molecular flexibility index (Phi) is 4.11. The van der Waals surface area contributed by atoms with E-state index in [4.69, 9.17) is 4.74 Å². The van der Waals surface area contributed by atoms with Gasteiger partial charge in [-0.2, -0.15) is 4.98 Å². The molecule has 0 fully saturated rings. The molecule has 0 aliphatic rings. The van der Waals surface area contributed by atoms with Crippen molar-refractivity contribution in [1.29, 1.82) is 0 Å². The summed E-state index contributed by atoms with van der Waals surface area (Å²) in [5, 5.41) is 1.41. The molecule has 0 unspecified atom stereocenters. The molecule has 0 saturated carbocycles. The molecule has 0 radical (unpaired) electrons. The lowest BCUT2D eigenvalue weighted by Crippen LogP contribution is -2.02. The number of methoxy groups -OCH3 is 1. The summed E-state index contributed by atoms with van der Waals surface area (Å²) in [5.41, 5.74) is 0.976. The van der Waals surface area contributed by atoms with Gasteiger partial charge in [0.15, 0.2) is 10.3 Å². The van der Waals surface area contributed by atoms with E-state index in [-0.39, 0.29) is 0 Å². The van der Waals surface area contributed by atoms with E-state index in [2.05, 4.69) is 19.9 Å². The Morgan fingerprint density at radius 1 is 1.10 bits per heavy atom. The highest BCUT2D eigenvalue weighted by atomic mass is 32.2. The van der Waals surface area contributed by atoms with Crippen LogP contribution in [0.2, 0.25) is 0 Å². The predicted octanol–water partition coefficient (Wildman–Crippen LogP) is 2.28. The van der Waals surface area contributed by atoms with Gasteiger partial charge in [-0.3, -0.25) is 4.98 Å². The van der Waals surface area contributed by atoms with Crippen molar-refractivity contribution >= 4 is 11.8 Å². The second kappa shape index (κ2) is 6.36. The van der Waals surface area contributed by atoms with Crippen LogP contribution in [0.3, 0.4) is 0 Å². The van der Waals surface area contributed by atoms with Crippen LogP contribution < -0.4 is 4.74 Å². The van der Waals surface area contributed by atoms with Crippen LogP contribution in [-0.4, -0.2) is 31.6 Å². The zero-order chi connectivity index (χ0) is 14.5. The Bertz CT molecular complexity index is 716. The molecule has 0 atom stereocenters. The third kappa shape index (κ3) is 3.38. The summed E-state index contributed by atoms with van der Waals surface area (Å²) >= 11 is 1.39. The summed E-state index contributed by atoms with van der Waals surface area (Å²) in [5.74, 6) is 0.537. The molecule has 0 N–H and O–H groups in total. The maximum absolute atomic E-state index is 5.10. The maximum atomic E-state index is 5.10. The first kappa shape index (κ1) is 13.6. The molecule has 106 valence electrons. The van der Waals surface area contributed by atoms with Crippen molar-refractivity contribution in [2.24, 2.45) is 0 Å². The number of hydrogen-bond donors (Lipinski definition) is 0. The Hall–Kier alpha value is -2.41. The van der Waals surface area contributed by atoms with E-state index in [0.717, 1.165) is 10.9 Å². The SMILES string of the molecule is COc1ccnc(Sc2nccn2Cc2ccccn2)n1. The minimum Gasteiger partial charge on any atom is -0.481 e. The Morgan fingerprint density at radius 2 is 2.05 bits per heavy atom. The van der Waals surface area contributed by atoms with Crippen molar-refractivity contribution in [3.05, 3.63) is 54.7 Å². The lowest BCUT2D eigenvalue weighted by molar-refractivity contribution is 0.392. The fourth-order valence-electron chi connectivity index (χ4n) is 1.76. The number of ether oxygens (including phenoxy) is 1. The van der Waals surface area contributed by atoms with Crippen LogP contribution in [0.5, 0.6) is 5.88 Å². The molecule has 6 nitrogen and oxygen atoms in total. The van der Waals surface area contributed by atoms with Crippen LogP contribution in [0.25, 0.3) is 0 Å². The lowest BCUT2D eigenvalue weighted by atomic mass is 10.3. The van der Waals surface area contributed by atoms with Crippen LogP contribution in [-0.2, 0) is 6.54 Å². The molecule has 3 aromatic heterocycles. The number of nitrogens with zero attached hydrogens (tertiary/aromatic N) is 5. The van der Waals surface area contributed by atoms with Crippen molar-refractivity contribution in [2.75, 3.05) is 7.11 Å². The van der Waals surface area contributed by atoms with Crippen molar-refractivity contribution in [2.45, 2.75) is 16.9 Å². The number of pyridine rings is 1. The van der Waals surface area contributed by atoms with E-state index in [0.29, 0.717) is 17.6 Å². The zero-order valence-corrected chi connectivity index (χ0v) is 12.2. The molecule has 0 spiro atoms. The van der Waals surface area contributed by atoms with Gasteiger partial charge in [0.25, 0.3) is 0 Å². The van der Waals surface area contributed by atoms with E-state index in [1.807, 2.05) is 29.0 Å². The molecule has 7 heteroatoms. The first-order valence-electron chi connectivity index (χ1n) is 6.31. The Labute approximate surface area is 126 Å². The Balaban J connectivity index is 1.79. The average molecular weight is 299 g/mol. The molecule has 0 amide bonds. The first-order chi connectivity index (χ1) is 10.3. The van der Waals surface area contributed by atoms with Crippen LogP contribution in [0.4, 0.5) is 0 Å². The largest absolute Gasteiger partial charge is 0.481 e. The van der Waals surface area contributed by atoms with Crippen molar-refractivity contribution < 1.29 is 4.74 Å². The normalized spacial score (nSPS) is 10.5. The van der Waals surface area contributed by atoms with Gasteiger partial charge in [-0.1, -0.05) is 6.07 Å².